The molecular weight excluding hydrogens is 306 g/mol. The predicted octanol–water partition coefficient (Wildman–Crippen LogP) is 2.37. The summed E-state index contributed by atoms with van der Waals surface area (Å²) in [4.78, 5) is 7.43. The molecule has 1 N–H and O–H groups in total. The van der Waals surface area contributed by atoms with Crippen molar-refractivity contribution in [3.8, 4) is 10.6 Å². The lowest BCUT2D eigenvalue weighted by Gasteiger charge is -2.35. The van der Waals surface area contributed by atoms with E-state index in [4.69, 9.17) is 4.98 Å². The van der Waals surface area contributed by atoms with E-state index >= 15 is 0 Å². The number of nitrogens with zero attached hydrogens (tertiary/aromatic N) is 4. The van der Waals surface area contributed by atoms with E-state index in [1.807, 2.05) is 24.1 Å². The zero-order valence-corrected chi connectivity index (χ0v) is 14.6. The van der Waals surface area contributed by atoms with E-state index in [0.29, 0.717) is 0 Å². The van der Waals surface area contributed by atoms with Gasteiger partial charge in [-0.1, -0.05) is 0 Å². The van der Waals surface area contributed by atoms with Crippen molar-refractivity contribution < 1.29 is 0 Å². The van der Waals surface area contributed by atoms with E-state index in [0.717, 1.165) is 29.0 Å². The molecule has 0 amide bonds. The highest BCUT2D eigenvalue weighted by Gasteiger charge is 2.29. The van der Waals surface area contributed by atoms with Gasteiger partial charge in [0.1, 0.15) is 5.01 Å². The lowest BCUT2D eigenvalue weighted by atomic mass is 9.85. The summed E-state index contributed by atoms with van der Waals surface area (Å²) in [5.74, 6) is 1.76. The first-order valence-corrected chi connectivity index (χ1v) is 9.52. The van der Waals surface area contributed by atoms with Crippen molar-refractivity contribution in [3.05, 3.63) is 23.5 Å². The predicted molar refractivity (Wildman–Crippen MR) is 93.3 cm³/mol. The Morgan fingerprint density at radius 2 is 2.30 bits per heavy atom. The van der Waals surface area contributed by atoms with Gasteiger partial charge in [-0.25, -0.2) is 4.98 Å². The van der Waals surface area contributed by atoms with Crippen molar-refractivity contribution in [2.75, 3.05) is 26.2 Å². The summed E-state index contributed by atoms with van der Waals surface area (Å²) < 4.78 is 1.83. The van der Waals surface area contributed by atoms with E-state index < -0.39 is 0 Å². The Hall–Kier alpha value is -1.24. The van der Waals surface area contributed by atoms with Crippen LogP contribution in [0.15, 0.2) is 17.8 Å². The number of hydrogen-bond donors (Lipinski definition) is 1. The Labute approximate surface area is 141 Å². The number of likely N-dealkylation sites (tertiary alicyclic amines) is 1. The second kappa shape index (κ2) is 6.71. The largest absolute Gasteiger partial charge is 0.316 e. The van der Waals surface area contributed by atoms with E-state index in [1.165, 1.54) is 51.1 Å². The average Bonchev–Trinajstić information content (AvgIpc) is 3.28. The molecule has 2 atom stereocenters. The maximum absolute atomic E-state index is 4.82. The highest BCUT2D eigenvalue weighted by Crippen LogP contribution is 2.29. The molecule has 0 aromatic carbocycles. The molecule has 2 aliphatic heterocycles. The standard InChI is InChI=1S/C17H25N5S/c1-21-9-15(8-19-21)17-20-16(12-23-17)11-22-6-2-3-14(10-22)13-4-5-18-7-13/h8-9,12-14,18H,2-7,10-11H2,1H3. The second-order valence-corrected chi connectivity index (χ2v) is 7.80. The number of nitrogens with one attached hydrogen (secondary N) is 1. The molecule has 0 spiro atoms. The molecule has 5 nitrogen and oxygen atoms in total. The molecule has 2 saturated heterocycles. The smallest absolute Gasteiger partial charge is 0.126 e. The quantitative estimate of drug-likeness (QED) is 0.934. The lowest BCUT2D eigenvalue weighted by molar-refractivity contribution is 0.133. The van der Waals surface area contributed by atoms with E-state index in [-0.39, 0.29) is 0 Å². The van der Waals surface area contributed by atoms with Gasteiger partial charge in [0.15, 0.2) is 0 Å². The van der Waals surface area contributed by atoms with Crippen molar-refractivity contribution in [2.45, 2.75) is 25.8 Å². The van der Waals surface area contributed by atoms with Crippen molar-refractivity contribution >= 4 is 11.3 Å². The average molecular weight is 331 g/mol. The number of aromatic nitrogens is 3. The topological polar surface area (TPSA) is 46.0 Å². The molecule has 0 saturated carbocycles. The van der Waals surface area contributed by atoms with E-state index in [9.17, 15) is 0 Å². The minimum Gasteiger partial charge on any atom is -0.316 e. The van der Waals surface area contributed by atoms with Crippen LogP contribution in [0, 0.1) is 11.8 Å². The fourth-order valence-corrected chi connectivity index (χ4v) is 4.76. The first kappa shape index (κ1) is 15.3. The fourth-order valence-electron chi connectivity index (χ4n) is 3.97. The summed E-state index contributed by atoms with van der Waals surface area (Å²) in [5.41, 5.74) is 2.33. The normalized spacial score (nSPS) is 26.0. The summed E-state index contributed by atoms with van der Waals surface area (Å²) in [7, 11) is 1.95. The van der Waals surface area contributed by atoms with Crippen LogP contribution in [0.4, 0.5) is 0 Å². The fraction of sp³-hybridized carbons (Fsp3) is 0.647. The van der Waals surface area contributed by atoms with Gasteiger partial charge in [0.25, 0.3) is 0 Å². The Morgan fingerprint density at radius 1 is 1.35 bits per heavy atom. The first-order chi connectivity index (χ1) is 11.3. The molecule has 0 radical (unpaired) electrons. The van der Waals surface area contributed by atoms with Gasteiger partial charge in [0.2, 0.25) is 0 Å². The van der Waals surface area contributed by atoms with Gasteiger partial charge in [-0.15, -0.1) is 11.3 Å². The highest BCUT2D eigenvalue weighted by atomic mass is 32.1. The minimum absolute atomic E-state index is 0.871. The molecule has 0 aliphatic carbocycles. The number of aryl methyl sites for hydroxylation is 1. The van der Waals surface area contributed by atoms with E-state index in [1.54, 1.807) is 11.3 Å². The third-order valence-corrected chi connectivity index (χ3v) is 6.14. The van der Waals surface area contributed by atoms with Crippen molar-refractivity contribution in [1.82, 2.24) is 25.0 Å². The van der Waals surface area contributed by atoms with Crippen LogP contribution >= 0.6 is 11.3 Å². The van der Waals surface area contributed by atoms with Crippen LogP contribution < -0.4 is 5.32 Å². The SMILES string of the molecule is Cn1cc(-c2nc(CN3CCCC(C4CCNC4)C3)cs2)cn1. The van der Waals surface area contributed by atoms with Gasteiger partial charge in [0, 0.05) is 37.3 Å². The van der Waals surface area contributed by atoms with Gasteiger partial charge in [-0.05, 0) is 50.7 Å². The van der Waals surface area contributed by atoms with Crippen molar-refractivity contribution in [3.63, 3.8) is 0 Å². The molecule has 4 rings (SSSR count). The molecule has 2 aromatic rings. The van der Waals surface area contributed by atoms with Crippen LogP contribution in [-0.2, 0) is 13.6 Å². The van der Waals surface area contributed by atoms with Crippen LogP contribution in [0.25, 0.3) is 10.6 Å². The summed E-state index contributed by atoms with van der Waals surface area (Å²) in [6.45, 7) is 5.89. The van der Waals surface area contributed by atoms with Gasteiger partial charge < -0.3 is 5.32 Å². The Bertz CT molecular complexity index is 643. The number of piperidine rings is 1. The molecule has 23 heavy (non-hydrogen) atoms. The van der Waals surface area contributed by atoms with Crippen LogP contribution in [0.3, 0.4) is 0 Å². The molecular formula is C17H25N5S. The maximum Gasteiger partial charge on any atom is 0.126 e. The Balaban J connectivity index is 1.38. The van der Waals surface area contributed by atoms with Crippen LogP contribution in [0.1, 0.15) is 25.0 Å². The molecule has 2 aromatic heterocycles. The van der Waals surface area contributed by atoms with Gasteiger partial charge in [-0.3, -0.25) is 9.58 Å². The Kier molecular flexibility index (Phi) is 4.46. The maximum atomic E-state index is 4.82. The molecule has 6 heteroatoms. The third-order valence-electron chi connectivity index (χ3n) is 5.20. The highest BCUT2D eigenvalue weighted by molar-refractivity contribution is 7.13. The molecule has 2 unspecified atom stereocenters. The van der Waals surface area contributed by atoms with Crippen LogP contribution in [0.2, 0.25) is 0 Å². The number of thiazole rings is 1. The third kappa shape index (κ3) is 3.49. The minimum atomic E-state index is 0.871. The van der Waals surface area contributed by atoms with Crippen LogP contribution in [0.5, 0.6) is 0 Å². The van der Waals surface area contributed by atoms with E-state index in [2.05, 4.69) is 20.7 Å². The zero-order valence-electron chi connectivity index (χ0n) is 13.7. The molecule has 4 heterocycles. The zero-order chi connectivity index (χ0) is 15.6. The summed E-state index contributed by atoms with van der Waals surface area (Å²) in [6.07, 6.45) is 8.03. The van der Waals surface area contributed by atoms with Gasteiger partial charge >= 0.3 is 0 Å². The summed E-state index contributed by atoms with van der Waals surface area (Å²) >= 11 is 1.73. The monoisotopic (exact) mass is 331 g/mol. The summed E-state index contributed by atoms with van der Waals surface area (Å²) in [6, 6.07) is 0. The molecule has 2 aliphatic rings. The first-order valence-electron chi connectivity index (χ1n) is 8.64. The molecule has 124 valence electrons. The second-order valence-electron chi connectivity index (χ2n) is 6.94. The number of rotatable bonds is 4. The van der Waals surface area contributed by atoms with Crippen LogP contribution in [-0.4, -0.2) is 45.8 Å². The molecule has 0 bridgehead atoms. The lowest BCUT2D eigenvalue weighted by Crippen LogP contribution is -2.38. The number of hydrogen-bond acceptors (Lipinski definition) is 5. The van der Waals surface area contributed by atoms with Gasteiger partial charge in [-0.2, -0.15) is 5.10 Å². The van der Waals surface area contributed by atoms with Gasteiger partial charge in [0.05, 0.1) is 11.9 Å². The van der Waals surface area contributed by atoms with Crippen molar-refractivity contribution in [1.29, 1.82) is 0 Å². The van der Waals surface area contributed by atoms with Crippen molar-refractivity contribution in [2.24, 2.45) is 18.9 Å². The Morgan fingerprint density at radius 3 is 3.09 bits per heavy atom. The summed E-state index contributed by atoms with van der Waals surface area (Å²) in [5, 5.41) is 11.1. The molecule has 2 fully saturated rings.